The highest BCUT2D eigenvalue weighted by Gasteiger charge is 2.31. The van der Waals surface area contributed by atoms with Crippen molar-refractivity contribution in [1.29, 1.82) is 0 Å². The Labute approximate surface area is 101 Å². The van der Waals surface area contributed by atoms with Gasteiger partial charge in [0.2, 0.25) is 0 Å². The Morgan fingerprint density at radius 3 is 2.29 bits per heavy atom. The van der Waals surface area contributed by atoms with Gasteiger partial charge in [-0.1, -0.05) is 19.3 Å². The minimum Gasteiger partial charge on any atom is -0.480 e. The van der Waals surface area contributed by atoms with Crippen LogP contribution in [0.2, 0.25) is 0 Å². The van der Waals surface area contributed by atoms with E-state index in [-0.39, 0.29) is 24.0 Å². The Bertz CT molecular complexity index is 367. The van der Waals surface area contributed by atoms with Crippen LogP contribution in [0.25, 0.3) is 0 Å². The van der Waals surface area contributed by atoms with Gasteiger partial charge in [-0.2, -0.15) is 8.42 Å². The highest BCUT2D eigenvalue weighted by atomic mass is 32.2. The topological polar surface area (TPSA) is 118 Å². The molecule has 0 radical (unpaired) electrons. The second-order valence-electron chi connectivity index (χ2n) is 4.73. The molecule has 2 unspecified atom stereocenters. The maximum atomic E-state index is 10.9. The lowest BCUT2D eigenvalue weighted by Gasteiger charge is -2.31. The smallest absolute Gasteiger partial charge is 0.320 e. The normalized spacial score (nSPS) is 27.6. The summed E-state index contributed by atoms with van der Waals surface area (Å²) in [5, 5.41) is 8.74. The number of rotatable bonds is 5. The molecule has 0 bridgehead atoms. The van der Waals surface area contributed by atoms with E-state index in [0.29, 0.717) is 6.42 Å². The zero-order valence-electron chi connectivity index (χ0n) is 9.58. The van der Waals surface area contributed by atoms with Gasteiger partial charge < -0.3 is 10.8 Å². The van der Waals surface area contributed by atoms with Crippen molar-refractivity contribution in [2.45, 2.75) is 38.1 Å². The van der Waals surface area contributed by atoms with Crippen molar-refractivity contribution in [2.75, 3.05) is 5.75 Å². The molecule has 0 aromatic rings. The monoisotopic (exact) mass is 265 g/mol. The van der Waals surface area contributed by atoms with E-state index in [0.717, 1.165) is 19.3 Å². The number of hydrogen-bond acceptors (Lipinski definition) is 4. The molecule has 17 heavy (non-hydrogen) atoms. The van der Waals surface area contributed by atoms with Gasteiger partial charge in [0.15, 0.2) is 0 Å². The molecule has 6 nitrogen and oxygen atoms in total. The molecule has 100 valence electrons. The van der Waals surface area contributed by atoms with Crippen LogP contribution in [-0.4, -0.2) is 35.8 Å². The summed E-state index contributed by atoms with van der Waals surface area (Å²) in [5.41, 5.74) is 5.46. The molecule has 1 rings (SSSR count). The molecule has 1 fully saturated rings. The summed E-state index contributed by atoms with van der Waals surface area (Å²) < 4.78 is 30.6. The first-order valence-electron chi connectivity index (χ1n) is 5.73. The van der Waals surface area contributed by atoms with Crippen LogP contribution in [0, 0.1) is 11.8 Å². The summed E-state index contributed by atoms with van der Waals surface area (Å²) >= 11 is 0. The van der Waals surface area contributed by atoms with Crippen LogP contribution in [0.3, 0.4) is 0 Å². The fraction of sp³-hybridized carbons (Fsp3) is 0.900. The van der Waals surface area contributed by atoms with Crippen molar-refractivity contribution in [2.24, 2.45) is 17.6 Å². The molecule has 0 heterocycles. The Hall–Kier alpha value is -0.660. The van der Waals surface area contributed by atoms with Gasteiger partial charge in [-0.15, -0.1) is 0 Å². The predicted octanol–water partition coefficient (Wildman–Crippen LogP) is 0.483. The number of aliphatic carboxylic acids is 1. The second kappa shape index (κ2) is 5.79. The lowest BCUT2D eigenvalue weighted by atomic mass is 9.77. The first-order chi connectivity index (χ1) is 7.79. The number of carboxylic acid groups (broad SMARTS) is 1. The van der Waals surface area contributed by atoms with E-state index in [4.69, 9.17) is 15.4 Å². The molecular formula is C10H19NO5S. The zero-order valence-corrected chi connectivity index (χ0v) is 10.4. The summed E-state index contributed by atoms with van der Waals surface area (Å²) in [6, 6.07) is -0.956. The van der Waals surface area contributed by atoms with Crippen LogP contribution >= 0.6 is 0 Å². The first kappa shape index (κ1) is 14.4. The molecule has 4 N–H and O–H groups in total. The Morgan fingerprint density at radius 1 is 1.29 bits per heavy atom. The predicted molar refractivity (Wildman–Crippen MR) is 62.1 cm³/mol. The average Bonchev–Trinajstić information content (AvgIpc) is 2.18. The van der Waals surface area contributed by atoms with Gasteiger partial charge in [-0.25, -0.2) is 0 Å². The zero-order chi connectivity index (χ0) is 13.1. The number of carbonyl (C=O) groups is 1. The Kier molecular flexibility index (Phi) is 4.91. The quantitative estimate of drug-likeness (QED) is 0.622. The molecule has 0 saturated heterocycles. The van der Waals surface area contributed by atoms with E-state index in [1.54, 1.807) is 0 Å². The molecule has 0 aliphatic heterocycles. The molecule has 1 aliphatic rings. The molecule has 0 aromatic heterocycles. The first-order valence-corrected chi connectivity index (χ1v) is 7.34. The van der Waals surface area contributed by atoms with Gasteiger partial charge in [0, 0.05) is 0 Å². The van der Waals surface area contributed by atoms with E-state index in [1.807, 2.05) is 0 Å². The van der Waals surface area contributed by atoms with Gasteiger partial charge in [-0.05, 0) is 24.7 Å². The highest BCUT2D eigenvalue weighted by molar-refractivity contribution is 7.85. The SMILES string of the molecule is N[C@H](CC1CCCCC1CS(=O)(=O)O)C(=O)O. The van der Waals surface area contributed by atoms with E-state index >= 15 is 0 Å². The number of carboxylic acids is 1. The molecule has 1 saturated carbocycles. The van der Waals surface area contributed by atoms with Crippen molar-refractivity contribution < 1.29 is 22.9 Å². The number of hydrogen-bond donors (Lipinski definition) is 3. The maximum absolute atomic E-state index is 10.9. The third-order valence-electron chi connectivity index (χ3n) is 3.37. The summed E-state index contributed by atoms with van der Waals surface area (Å²) in [6.45, 7) is 0. The molecule has 7 heteroatoms. The lowest BCUT2D eigenvalue weighted by molar-refractivity contribution is -0.139. The molecule has 0 amide bonds. The van der Waals surface area contributed by atoms with Gasteiger partial charge in [0.25, 0.3) is 10.1 Å². The summed E-state index contributed by atoms with van der Waals surface area (Å²) in [7, 11) is -4.00. The molecule has 0 aromatic carbocycles. The van der Waals surface area contributed by atoms with Crippen LogP contribution in [0.5, 0.6) is 0 Å². The fourth-order valence-corrected chi connectivity index (χ4v) is 3.49. The fourth-order valence-electron chi connectivity index (χ4n) is 2.51. The van der Waals surface area contributed by atoms with Crippen LogP contribution in [0.1, 0.15) is 32.1 Å². The highest BCUT2D eigenvalue weighted by Crippen LogP contribution is 2.33. The van der Waals surface area contributed by atoms with Crippen molar-refractivity contribution in [3.05, 3.63) is 0 Å². The van der Waals surface area contributed by atoms with Crippen LogP contribution in [0.15, 0.2) is 0 Å². The summed E-state index contributed by atoms with van der Waals surface area (Å²) in [5.74, 6) is -1.56. The van der Waals surface area contributed by atoms with Crippen molar-refractivity contribution >= 4 is 16.1 Å². The second-order valence-corrected chi connectivity index (χ2v) is 6.23. The summed E-state index contributed by atoms with van der Waals surface area (Å²) in [4.78, 5) is 10.7. The standard InChI is InChI=1S/C10H19NO5S/c11-9(10(12)13)5-7-3-1-2-4-8(7)6-17(14,15)16/h7-9H,1-6,11H2,(H,12,13)(H,14,15,16)/t7?,8?,9-/m1/s1. The number of nitrogens with two attached hydrogens (primary N) is 1. The van der Waals surface area contributed by atoms with Gasteiger partial charge >= 0.3 is 5.97 Å². The van der Waals surface area contributed by atoms with E-state index < -0.39 is 22.1 Å². The van der Waals surface area contributed by atoms with Crippen LogP contribution in [-0.2, 0) is 14.9 Å². The maximum Gasteiger partial charge on any atom is 0.320 e. The van der Waals surface area contributed by atoms with Crippen molar-refractivity contribution in [3.8, 4) is 0 Å². The third kappa shape index (κ3) is 5.01. The van der Waals surface area contributed by atoms with E-state index in [2.05, 4.69) is 0 Å². The largest absolute Gasteiger partial charge is 0.480 e. The molecule has 1 aliphatic carbocycles. The Morgan fingerprint density at radius 2 is 1.82 bits per heavy atom. The Balaban J connectivity index is 2.63. The molecule has 0 spiro atoms. The lowest BCUT2D eigenvalue weighted by Crippen LogP contribution is -2.36. The van der Waals surface area contributed by atoms with E-state index in [1.165, 1.54) is 0 Å². The van der Waals surface area contributed by atoms with Crippen molar-refractivity contribution in [1.82, 2.24) is 0 Å². The average molecular weight is 265 g/mol. The minimum atomic E-state index is -4.00. The van der Waals surface area contributed by atoms with Crippen LogP contribution < -0.4 is 5.73 Å². The van der Waals surface area contributed by atoms with Gasteiger partial charge in [0.1, 0.15) is 6.04 Å². The van der Waals surface area contributed by atoms with Crippen molar-refractivity contribution in [3.63, 3.8) is 0 Å². The van der Waals surface area contributed by atoms with Gasteiger partial charge in [-0.3, -0.25) is 9.35 Å². The molecular weight excluding hydrogens is 246 g/mol. The molecule has 3 atom stereocenters. The van der Waals surface area contributed by atoms with Gasteiger partial charge in [0.05, 0.1) is 5.75 Å². The van der Waals surface area contributed by atoms with Crippen LogP contribution in [0.4, 0.5) is 0 Å². The van der Waals surface area contributed by atoms with E-state index in [9.17, 15) is 13.2 Å². The minimum absolute atomic E-state index is 0.0308. The third-order valence-corrected chi connectivity index (χ3v) is 4.21. The summed E-state index contributed by atoms with van der Waals surface area (Å²) in [6.07, 6.45) is 3.63.